The third-order valence-corrected chi connectivity index (χ3v) is 3.61. The SMILES string of the molecule is COC(=O)CC(CCl)Sc1ccccc1. The van der Waals surface area contributed by atoms with Crippen molar-refractivity contribution in [3.63, 3.8) is 0 Å². The lowest BCUT2D eigenvalue weighted by Crippen LogP contribution is -2.13. The molecule has 0 saturated carbocycles. The van der Waals surface area contributed by atoms with Gasteiger partial charge in [-0.25, -0.2) is 0 Å². The molecule has 0 bridgehead atoms. The van der Waals surface area contributed by atoms with E-state index in [2.05, 4.69) is 4.74 Å². The van der Waals surface area contributed by atoms with Crippen molar-refractivity contribution in [1.29, 1.82) is 0 Å². The quantitative estimate of drug-likeness (QED) is 0.453. The van der Waals surface area contributed by atoms with Crippen LogP contribution >= 0.6 is 23.4 Å². The van der Waals surface area contributed by atoms with Gasteiger partial charge in [0, 0.05) is 16.0 Å². The molecule has 0 aliphatic rings. The monoisotopic (exact) mass is 244 g/mol. The average molecular weight is 245 g/mol. The smallest absolute Gasteiger partial charge is 0.306 e. The van der Waals surface area contributed by atoms with Crippen molar-refractivity contribution < 1.29 is 9.53 Å². The average Bonchev–Trinajstić information content (AvgIpc) is 2.29. The molecule has 1 aromatic carbocycles. The Bertz CT molecular complexity index is 303. The zero-order chi connectivity index (χ0) is 11.1. The van der Waals surface area contributed by atoms with Crippen LogP contribution in [0.25, 0.3) is 0 Å². The lowest BCUT2D eigenvalue weighted by molar-refractivity contribution is -0.140. The Morgan fingerprint density at radius 2 is 2.13 bits per heavy atom. The van der Waals surface area contributed by atoms with Crippen LogP contribution in [-0.4, -0.2) is 24.2 Å². The molecule has 0 radical (unpaired) electrons. The lowest BCUT2D eigenvalue weighted by Gasteiger charge is -2.11. The van der Waals surface area contributed by atoms with Gasteiger partial charge in [0.05, 0.1) is 13.5 Å². The molecule has 0 amide bonds. The van der Waals surface area contributed by atoms with Crippen LogP contribution in [0.2, 0.25) is 0 Å². The molecule has 4 heteroatoms. The first-order chi connectivity index (χ1) is 7.26. The first-order valence-corrected chi connectivity index (χ1v) is 6.02. The van der Waals surface area contributed by atoms with E-state index >= 15 is 0 Å². The molecule has 0 heterocycles. The summed E-state index contributed by atoms with van der Waals surface area (Å²) in [5.74, 6) is 0.221. The van der Waals surface area contributed by atoms with Crippen LogP contribution in [0.15, 0.2) is 35.2 Å². The fourth-order valence-electron chi connectivity index (χ4n) is 1.09. The minimum Gasteiger partial charge on any atom is -0.469 e. The molecular formula is C11H13ClO2S. The third-order valence-electron chi connectivity index (χ3n) is 1.84. The van der Waals surface area contributed by atoms with Crippen LogP contribution in [-0.2, 0) is 9.53 Å². The van der Waals surface area contributed by atoms with Crippen molar-refractivity contribution in [3.05, 3.63) is 30.3 Å². The predicted molar refractivity (Wildman–Crippen MR) is 63.4 cm³/mol. The minimum absolute atomic E-state index is 0.0708. The molecule has 0 spiro atoms. The van der Waals surface area contributed by atoms with Crippen LogP contribution < -0.4 is 0 Å². The molecule has 0 saturated heterocycles. The Balaban J connectivity index is 2.50. The van der Waals surface area contributed by atoms with Gasteiger partial charge in [0.1, 0.15) is 0 Å². The summed E-state index contributed by atoms with van der Waals surface area (Å²) in [5, 5.41) is 0.0708. The van der Waals surface area contributed by atoms with Crippen LogP contribution in [0.3, 0.4) is 0 Å². The largest absolute Gasteiger partial charge is 0.469 e. The zero-order valence-electron chi connectivity index (χ0n) is 8.48. The van der Waals surface area contributed by atoms with Crippen molar-refractivity contribution in [2.45, 2.75) is 16.6 Å². The van der Waals surface area contributed by atoms with Crippen LogP contribution in [0.4, 0.5) is 0 Å². The molecule has 0 aliphatic heterocycles. The second kappa shape index (κ2) is 6.75. The Labute approximate surface area is 99.0 Å². The summed E-state index contributed by atoms with van der Waals surface area (Å²) in [6.45, 7) is 0. The standard InChI is InChI=1S/C11H13ClO2S/c1-14-11(13)7-10(8-12)15-9-5-3-2-4-6-9/h2-6,10H,7-8H2,1H3. The highest BCUT2D eigenvalue weighted by Crippen LogP contribution is 2.26. The number of benzene rings is 1. The van der Waals surface area contributed by atoms with E-state index < -0.39 is 0 Å². The summed E-state index contributed by atoms with van der Waals surface area (Å²) in [6, 6.07) is 9.89. The third kappa shape index (κ3) is 4.58. The van der Waals surface area contributed by atoms with Crippen molar-refractivity contribution in [2.75, 3.05) is 13.0 Å². The predicted octanol–water partition coefficient (Wildman–Crippen LogP) is 2.95. The summed E-state index contributed by atoms with van der Waals surface area (Å²) in [6.07, 6.45) is 0.347. The molecule has 1 rings (SSSR count). The Morgan fingerprint density at radius 1 is 1.47 bits per heavy atom. The highest BCUT2D eigenvalue weighted by molar-refractivity contribution is 8.00. The number of hydrogen-bond acceptors (Lipinski definition) is 3. The number of esters is 1. The number of carbonyl (C=O) groups is 1. The van der Waals surface area contributed by atoms with Crippen molar-refractivity contribution in [1.82, 2.24) is 0 Å². The van der Waals surface area contributed by atoms with E-state index in [0.717, 1.165) is 4.90 Å². The molecule has 0 fully saturated rings. The van der Waals surface area contributed by atoms with Gasteiger partial charge in [-0.1, -0.05) is 18.2 Å². The van der Waals surface area contributed by atoms with Crippen LogP contribution in [0.5, 0.6) is 0 Å². The van der Waals surface area contributed by atoms with Gasteiger partial charge in [-0.2, -0.15) is 0 Å². The molecule has 1 atom stereocenters. The van der Waals surface area contributed by atoms with E-state index in [0.29, 0.717) is 12.3 Å². The number of carbonyl (C=O) groups excluding carboxylic acids is 1. The summed E-state index contributed by atoms with van der Waals surface area (Å²) < 4.78 is 4.61. The summed E-state index contributed by atoms with van der Waals surface area (Å²) >= 11 is 7.39. The second-order valence-electron chi connectivity index (χ2n) is 2.99. The Kier molecular flexibility index (Phi) is 5.58. The van der Waals surface area contributed by atoms with E-state index in [-0.39, 0.29) is 11.2 Å². The number of thioether (sulfide) groups is 1. The molecule has 15 heavy (non-hydrogen) atoms. The highest BCUT2D eigenvalue weighted by atomic mass is 35.5. The maximum absolute atomic E-state index is 11.1. The Morgan fingerprint density at radius 3 is 2.67 bits per heavy atom. The minimum atomic E-state index is -0.218. The molecule has 1 unspecified atom stereocenters. The lowest BCUT2D eigenvalue weighted by atomic mass is 10.3. The van der Waals surface area contributed by atoms with E-state index in [1.807, 2.05) is 30.3 Å². The van der Waals surface area contributed by atoms with Gasteiger partial charge in [0.2, 0.25) is 0 Å². The molecule has 82 valence electrons. The number of halogens is 1. The number of ether oxygens (including phenoxy) is 1. The van der Waals surface area contributed by atoms with Crippen molar-refractivity contribution in [3.8, 4) is 0 Å². The van der Waals surface area contributed by atoms with Gasteiger partial charge < -0.3 is 4.74 Å². The summed E-state index contributed by atoms with van der Waals surface area (Å²) in [7, 11) is 1.39. The van der Waals surface area contributed by atoms with E-state index in [9.17, 15) is 4.79 Å². The van der Waals surface area contributed by atoms with Gasteiger partial charge in [-0.05, 0) is 12.1 Å². The first kappa shape index (κ1) is 12.4. The second-order valence-corrected chi connectivity index (χ2v) is 4.67. The molecule has 0 aromatic heterocycles. The number of alkyl halides is 1. The Hall–Kier alpha value is -0.670. The molecular weight excluding hydrogens is 232 g/mol. The van der Waals surface area contributed by atoms with E-state index in [1.165, 1.54) is 7.11 Å². The molecule has 2 nitrogen and oxygen atoms in total. The summed E-state index contributed by atoms with van der Waals surface area (Å²) in [5.41, 5.74) is 0. The van der Waals surface area contributed by atoms with Crippen LogP contribution in [0.1, 0.15) is 6.42 Å². The maximum atomic E-state index is 11.1. The number of rotatable bonds is 5. The zero-order valence-corrected chi connectivity index (χ0v) is 10.1. The summed E-state index contributed by atoms with van der Waals surface area (Å²) in [4.78, 5) is 12.2. The van der Waals surface area contributed by atoms with Gasteiger partial charge in [-0.15, -0.1) is 23.4 Å². The van der Waals surface area contributed by atoms with Crippen molar-refractivity contribution >= 4 is 29.3 Å². The van der Waals surface area contributed by atoms with Crippen LogP contribution in [0, 0.1) is 0 Å². The number of hydrogen-bond donors (Lipinski definition) is 0. The normalized spacial score (nSPS) is 12.1. The fourth-order valence-corrected chi connectivity index (χ4v) is 2.37. The molecule has 0 N–H and O–H groups in total. The van der Waals surface area contributed by atoms with E-state index in [4.69, 9.17) is 11.6 Å². The fraction of sp³-hybridized carbons (Fsp3) is 0.364. The molecule has 0 aliphatic carbocycles. The van der Waals surface area contributed by atoms with Gasteiger partial charge in [-0.3, -0.25) is 4.79 Å². The van der Waals surface area contributed by atoms with Gasteiger partial charge in [0.15, 0.2) is 0 Å². The van der Waals surface area contributed by atoms with Gasteiger partial charge in [0.25, 0.3) is 0 Å². The maximum Gasteiger partial charge on any atom is 0.306 e. The first-order valence-electron chi connectivity index (χ1n) is 4.60. The number of methoxy groups -OCH3 is 1. The van der Waals surface area contributed by atoms with Crippen molar-refractivity contribution in [2.24, 2.45) is 0 Å². The molecule has 1 aromatic rings. The highest BCUT2D eigenvalue weighted by Gasteiger charge is 2.14. The van der Waals surface area contributed by atoms with Gasteiger partial charge >= 0.3 is 5.97 Å². The topological polar surface area (TPSA) is 26.3 Å². The van der Waals surface area contributed by atoms with E-state index in [1.54, 1.807) is 11.8 Å².